The smallest absolute Gasteiger partial charge is 0.303 e. The van der Waals surface area contributed by atoms with Crippen LogP contribution in [0.1, 0.15) is 25.7 Å². The number of aliphatic carboxylic acids is 1. The first-order valence-electron chi connectivity index (χ1n) is 4.32. The van der Waals surface area contributed by atoms with E-state index in [0.29, 0.717) is 0 Å². The Hall–Kier alpha value is -0.610. The zero-order valence-corrected chi connectivity index (χ0v) is 7.07. The molecule has 0 aromatic rings. The van der Waals surface area contributed by atoms with Crippen molar-refractivity contribution >= 4 is 5.97 Å². The first-order valence-corrected chi connectivity index (χ1v) is 4.32. The Kier molecular flexibility index (Phi) is 3.05. The molecular formula is C8H16N2O2. The Morgan fingerprint density at radius 3 is 2.50 bits per heavy atom. The van der Waals surface area contributed by atoms with Crippen molar-refractivity contribution in [2.45, 2.75) is 37.8 Å². The quantitative estimate of drug-likeness (QED) is 0.543. The Labute approximate surface area is 71.9 Å². The van der Waals surface area contributed by atoms with Crippen LogP contribution in [0.4, 0.5) is 0 Å². The number of rotatable bonds is 2. The minimum Gasteiger partial charge on any atom is -0.481 e. The minimum absolute atomic E-state index is 0.0110. The molecule has 3 atom stereocenters. The van der Waals surface area contributed by atoms with Crippen molar-refractivity contribution in [2.75, 3.05) is 0 Å². The van der Waals surface area contributed by atoms with Gasteiger partial charge in [-0.3, -0.25) is 4.79 Å². The van der Waals surface area contributed by atoms with Crippen LogP contribution < -0.4 is 11.5 Å². The zero-order chi connectivity index (χ0) is 9.14. The van der Waals surface area contributed by atoms with Crippen LogP contribution in [-0.2, 0) is 4.79 Å². The van der Waals surface area contributed by atoms with Gasteiger partial charge in [-0.2, -0.15) is 0 Å². The molecule has 1 saturated carbocycles. The summed E-state index contributed by atoms with van der Waals surface area (Å²) in [6.07, 6.45) is 2.76. The van der Waals surface area contributed by atoms with E-state index in [2.05, 4.69) is 0 Å². The maximum absolute atomic E-state index is 10.4. The van der Waals surface area contributed by atoms with Crippen LogP contribution in [0.3, 0.4) is 0 Å². The molecule has 0 aliphatic heterocycles. The topological polar surface area (TPSA) is 89.3 Å². The molecule has 4 heteroatoms. The molecule has 1 unspecified atom stereocenters. The summed E-state index contributed by atoms with van der Waals surface area (Å²) in [6.45, 7) is 0. The van der Waals surface area contributed by atoms with E-state index in [0.717, 1.165) is 19.3 Å². The van der Waals surface area contributed by atoms with Gasteiger partial charge in [-0.1, -0.05) is 0 Å². The van der Waals surface area contributed by atoms with Gasteiger partial charge in [0.1, 0.15) is 0 Å². The SMILES string of the molecule is N[C@@H]1CCC(CC(=O)O)C[C@H]1N. The molecule has 4 nitrogen and oxygen atoms in total. The molecule has 0 bridgehead atoms. The molecule has 1 fully saturated rings. The molecular weight excluding hydrogens is 156 g/mol. The second-order valence-corrected chi connectivity index (χ2v) is 3.60. The van der Waals surface area contributed by atoms with Crippen LogP contribution >= 0.6 is 0 Å². The summed E-state index contributed by atoms with van der Waals surface area (Å²) in [4.78, 5) is 10.4. The van der Waals surface area contributed by atoms with Crippen molar-refractivity contribution in [3.05, 3.63) is 0 Å². The zero-order valence-electron chi connectivity index (χ0n) is 7.07. The molecule has 0 saturated heterocycles. The van der Waals surface area contributed by atoms with E-state index >= 15 is 0 Å². The lowest BCUT2D eigenvalue weighted by Crippen LogP contribution is -2.46. The lowest BCUT2D eigenvalue weighted by molar-refractivity contribution is -0.138. The highest BCUT2D eigenvalue weighted by Crippen LogP contribution is 2.24. The van der Waals surface area contributed by atoms with Crippen molar-refractivity contribution in [3.63, 3.8) is 0 Å². The van der Waals surface area contributed by atoms with Crippen molar-refractivity contribution in [2.24, 2.45) is 17.4 Å². The van der Waals surface area contributed by atoms with Gasteiger partial charge in [0.25, 0.3) is 0 Å². The van der Waals surface area contributed by atoms with Gasteiger partial charge < -0.3 is 16.6 Å². The van der Waals surface area contributed by atoms with Crippen LogP contribution in [0.25, 0.3) is 0 Å². The molecule has 0 aromatic carbocycles. The summed E-state index contributed by atoms with van der Waals surface area (Å²) in [7, 11) is 0. The maximum atomic E-state index is 10.4. The normalized spacial score (nSPS) is 36.3. The van der Waals surface area contributed by atoms with Gasteiger partial charge in [-0.25, -0.2) is 0 Å². The highest BCUT2D eigenvalue weighted by molar-refractivity contribution is 5.67. The number of hydrogen-bond donors (Lipinski definition) is 3. The fraction of sp³-hybridized carbons (Fsp3) is 0.875. The highest BCUT2D eigenvalue weighted by Gasteiger charge is 2.26. The van der Waals surface area contributed by atoms with Crippen LogP contribution in [0.2, 0.25) is 0 Å². The predicted molar refractivity (Wildman–Crippen MR) is 45.5 cm³/mol. The Morgan fingerprint density at radius 1 is 1.33 bits per heavy atom. The van der Waals surface area contributed by atoms with E-state index in [1.807, 2.05) is 0 Å². The lowest BCUT2D eigenvalue weighted by atomic mass is 9.81. The first kappa shape index (κ1) is 9.48. The molecule has 5 N–H and O–H groups in total. The summed E-state index contributed by atoms with van der Waals surface area (Å²) in [5.74, 6) is -0.500. The van der Waals surface area contributed by atoms with Gasteiger partial charge in [0.05, 0.1) is 0 Å². The number of nitrogens with two attached hydrogens (primary N) is 2. The molecule has 0 amide bonds. The van der Waals surface area contributed by atoms with Gasteiger partial charge in [0.15, 0.2) is 0 Å². The molecule has 1 aliphatic rings. The van der Waals surface area contributed by atoms with E-state index in [9.17, 15) is 4.79 Å². The second-order valence-electron chi connectivity index (χ2n) is 3.60. The molecule has 1 aliphatic carbocycles. The largest absolute Gasteiger partial charge is 0.481 e. The predicted octanol–water partition coefficient (Wildman–Crippen LogP) is -0.0842. The molecule has 70 valence electrons. The Bertz CT molecular complexity index is 172. The first-order chi connectivity index (χ1) is 5.59. The van der Waals surface area contributed by atoms with Crippen LogP contribution in [0.15, 0.2) is 0 Å². The van der Waals surface area contributed by atoms with Gasteiger partial charge >= 0.3 is 5.97 Å². The molecule has 0 radical (unpaired) electrons. The van der Waals surface area contributed by atoms with E-state index in [-0.39, 0.29) is 24.4 Å². The van der Waals surface area contributed by atoms with Crippen LogP contribution in [0, 0.1) is 5.92 Å². The minimum atomic E-state index is -0.734. The summed E-state index contributed by atoms with van der Waals surface area (Å²) < 4.78 is 0. The van der Waals surface area contributed by atoms with Crippen molar-refractivity contribution in [1.29, 1.82) is 0 Å². The van der Waals surface area contributed by atoms with E-state index in [1.54, 1.807) is 0 Å². The molecule has 1 rings (SSSR count). The summed E-state index contributed by atoms with van der Waals surface area (Å²) in [5.41, 5.74) is 11.4. The van der Waals surface area contributed by atoms with E-state index in [4.69, 9.17) is 16.6 Å². The van der Waals surface area contributed by atoms with Gasteiger partial charge in [-0.15, -0.1) is 0 Å². The van der Waals surface area contributed by atoms with Crippen molar-refractivity contribution in [1.82, 2.24) is 0 Å². The summed E-state index contributed by atoms with van der Waals surface area (Å²) >= 11 is 0. The lowest BCUT2D eigenvalue weighted by Gasteiger charge is -2.30. The fourth-order valence-electron chi connectivity index (χ4n) is 1.75. The molecule has 12 heavy (non-hydrogen) atoms. The van der Waals surface area contributed by atoms with E-state index in [1.165, 1.54) is 0 Å². The van der Waals surface area contributed by atoms with Gasteiger partial charge in [0.2, 0.25) is 0 Å². The summed E-state index contributed by atoms with van der Waals surface area (Å²) in [5, 5.41) is 8.55. The maximum Gasteiger partial charge on any atom is 0.303 e. The summed E-state index contributed by atoms with van der Waals surface area (Å²) in [6, 6.07) is 0.0538. The van der Waals surface area contributed by atoms with Crippen LogP contribution in [-0.4, -0.2) is 23.2 Å². The van der Waals surface area contributed by atoms with E-state index < -0.39 is 5.97 Å². The average molecular weight is 172 g/mol. The third-order valence-corrected chi connectivity index (χ3v) is 2.53. The Balaban J connectivity index is 2.35. The Morgan fingerprint density at radius 2 is 2.00 bits per heavy atom. The molecule has 0 heterocycles. The highest BCUT2D eigenvalue weighted by atomic mass is 16.4. The van der Waals surface area contributed by atoms with Gasteiger partial charge in [0, 0.05) is 18.5 Å². The number of carboxylic acid groups (broad SMARTS) is 1. The van der Waals surface area contributed by atoms with Gasteiger partial charge in [-0.05, 0) is 25.2 Å². The van der Waals surface area contributed by atoms with Crippen molar-refractivity contribution in [3.8, 4) is 0 Å². The third-order valence-electron chi connectivity index (χ3n) is 2.53. The number of carboxylic acids is 1. The third kappa shape index (κ3) is 2.46. The molecule has 0 aromatic heterocycles. The monoisotopic (exact) mass is 172 g/mol. The molecule has 0 spiro atoms. The standard InChI is InChI=1S/C8H16N2O2/c9-6-2-1-5(3-7(6)10)4-8(11)12/h5-7H,1-4,9-10H2,(H,11,12)/t5?,6-,7-/m1/s1. The average Bonchev–Trinajstić information content (AvgIpc) is 1.96. The fourth-order valence-corrected chi connectivity index (χ4v) is 1.75. The second kappa shape index (κ2) is 3.87. The number of carbonyl (C=O) groups is 1. The van der Waals surface area contributed by atoms with Crippen LogP contribution in [0.5, 0.6) is 0 Å². The number of hydrogen-bond acceptors (Lipinski definition) is 3. The van der Waals surface area contributed by atoms with Crippen molar-refractivity contribution < 1.29 is 9.90 Å².